The van der Waals surface area contributed by atoms with E-state index in [1.54, 1.807) is 30.3 Å². The molecule has 0 aliphatic rings. The minimum atomic E-state index is -4.83. The van der Waals surface area contributed by atoms with E-state index in [2.05, 4.69) is 0 Å². The van der Waals surface area contributed by atoms with Gasteiger partial charge in [-0.15, -0.1) is 0 Å². The van der Waals surface area contributed by atoms with Crippen LogP contribution < -0.4 is 0 Å². The van der Waals surface area contributed by atoms with Crippen molar-refractivity contribution in [2.24, 2.45) is 0 Å². The molecule has 0 bridgehead atoms. The zero-order valence-corrected chi connectivity index (χ0v) is 17.6. The van der Waals surface area contributed by atoms with E-state index in [0.29, 0.717) is 5.56 Å². The van der Waals surface area contributed by atoms with Gasteiger partial charge >= 0.3 is 0 Å². The molecule has 108 valence electrons. The van der Waals surface area contributed by atoms with Crippen LogP contribution in [0.1, 0.15) is 0 Å². The van der Waals surface area contributed by atoms with Gasteiger partial charge in [-0.25, -0.2) is 0 Å². The molecule has 0 heterocycles. The maximum absolute atomic E-state index is 11.5. The summed E-state index contributed by atoms with van der Waals surface area (Å²) in [5.41, 5.74) is 0.383. The van der Waals surface area contributed by atoms with Crippen molar-refractivity contribution in [3.63, 3.8) is 0 Å². The molecule has 0 saturated heterocycles. The topological polar surface area (TPSA) is 109 Å². The second-order valence-corrected chi connectivity index (χ2v) is 6.70. The predicted molar refractivity (Wildman–Crippen MR) is 83.0 cm³/mol. The molecule has 6 nitrogen and oxygen atoms in total. The molecule has 2 N–H and O–H groups in total. The van der Waals surface area contributed by atoms with E-state index >= 15 is 0 Å². The van der Waals surface area contributed by atoms with Crippen molar-refractivity contribution in [2.45, 2.75) is 9.79 Å². The van der Waals surface area contributed by atoms with Gasteiger partial charge in [0.1, 0.15) is 9.79 Å². The van der Waals surface area contributed by atoms with E-state index in [4.69, 9.17) is 4.55 Å². The van der Waals surface area contributed by atoms with Gasteiger partial charge in [0, 0.05) is 64.7 Å². The minimum absolute atomic E-state index is 0. The average molecular weight is 360 g/mol. The Morgan fingerprint density at radius 1 is 0.682 bits per heavy atom. The fourth-order valence-electron chi connectivity index (χ4n) is 1.83. The Bertz CT molecular complexity index is 848. The molecule has 0 spiro atoms. The molecule has 2 aromatic carbocycles. The van der Waals surface area contributed by atoms with E-state index in [-0.39, 0.29) is 64.7 Å². The zero-order chi connectivity index (χ0) is 15.0. The second kappa shape index (κ2) is 8.39. The molecular weight excluding hydrogens is 350 g/mol. The van der Waals surface area contributed by atoms with Crippen LogP contribution in [0.15, 0.2) is 58.3 Å². The van der Waals surface area contributed by atoms with Crippen LogP contribution in [0.2, 0.25) is 0 Å². The van der Waals surface area contributed by atoms with Gasteiger partial charge in [-0.1, -0.05) is 42.5 Å². The fourth-order valence-corrected chi connectivity index (χ4v) is 3.84. The van der Waals surface area contributed by atoms with Gasteiger partial charge in [0.25, 0.3) is 20.2 Å². The van der Waals surface area contributed by atoms with E-state index in [1.807, 2.05) is 0 Å². The molecule has 0 saturated carbocycles. The summed E-state index contributed by atoms with van der Waals surface area (Å²) in [6.45, 7) is 0. The molecule has 2 aromatic rings. The van der Waals surface area contributed by atoms with E-state index in [1.165, 1.54) is 12.1 Å². The van der Waals surface area contributed by atoms with Gasteiger partial charge in [-0.2, -0.15) is 16.8 Å². The molecule has 0 aliphatic carbocycles. The van der Waals surface area contributed by atoms with Crippen molar-refractivity contribution in [3.05, 3.63) is 48.5 Å². The summed E-state index contributed by atoms with van der Waals surface area (Å²) in [6.07, 6.45) is 0. The standard InChI is InChI=1S/C12H10O6S2.2Na/c13-19(14,15)11-8-4-7-10(12(11)20(16,17)18)9-5-2-1-3-6-9;;/h1-8H,(H,13,14,15)(H,16,17,18);;. The van der Waals surface area contributed by atoms with Gasteiger partial charge in [0.2, 0.25) is 0 Å². The molecule has 0 unspecified atom stereocenters. The summed E-state index contributed by atoms with van der Waals surface area (Å²) in [5, 5.41) is 0. The van der Waals surface area contributed by atoms with Crippen LogP contribution >= 0.6 is 0 Å². The Morgan fingerprint density at radius 3 is 1.68 bits per heavy atom. The van der Waals surface area contributed by atoms with Crippen molar-refractivity contribution in [3.8, 4) is 11.1 Å². The molecule has 22 heavy (non-hydrogen) atoms. The first-order valence-electron chi connectivity index (χ1n) is 5.34. The maximum atomic E-state index is 11.5. The third-order valence-electron chi connectivity index (χ3n) is 2.60. The molecule has 2 radical (unpaired) electrons. The van der Waals surface area contributed by atoms with Crippen molar-refractivity contribution in [1.82, 2.24) is 0 Å². The summed E-state index contributed by atoms with van der Waals surface area (Å²) in [4.78, 5) is -1.70. The van der Waals surface area contributed by atoms with Crippen molar-refractivity contribution in [1.29, 1.82) is 0 Å². The third-order valence-corrected chi connectivity index (χ3v) is 4.58. The van der Waals surface area contributed by atoms with Crippen LogP contribution in [0.4, 0.5) is 0 Å². The van der Waals surface area contributed by atoms with Gasteiger partial charge in [-0.3, -0.25) is 9.11 Å². The van der Waals surface area contributed by atoms with Crippen LogP contribution in [-0.4, -0.2) is 85.1 Å². The quantitative estimate of drug-likeness (QED) is 0.626. The smallest absolute Gasteiger partial charge is 0.282 e. The summed E-state index contributed by atoms with van der Waals surface area (Å²) < 4.78 is 63.9. The minimum Gasteiger partial charge on any atom is -0.282 e. The molecule has 0 aromatic heterocycles. The van der Waals surface area contributed by atoms with Gasteiger partial charge in [0.05, 0.1) is 0 Å². The van der Waals surface area contributed by atoms with Crippen LogP contribution in [-0.2, 0) is 20.2 Å². The van der Waals surface area contributed by atoms with Crippen molar-refractivity contribution in [2.75, 3.05) is 0 Å². The van der Waals surface area contributed by atoms with Crippen molar-refractivity contribution >= 4 is 79.4 Å². The van der Waals surface area contributed by atoms with Gasteiger partial charge in [0.15, 0.2) is 0 Å². The van der Waals surface area contributed by atoms with Crippen LogP contribution in [0.25, 0.3) is 11.1 Å². The Kier molecular flexibility index (Phi) is 8.48. The molecule has 10 heteroatoms. The molecule has 0 atom stereocenters. The number of benzene rings is 2. The predicted octanol–water partition coefficient (Wildman–Crippen LogP) is 1.09. The zero-order valence-electron chi connectivity index (χ0n) is 12.0. The Morgan fingerprint density at radius 2 is 1.23 bits per heavy atom. The fraction of sp³-hybridized carbons (Fsp3) is 0. The summed E-state index contributed by atoms with van der Waals surface area (Å²) >= 11 is 0. The normalized spacial score (nSPS) is 11.2. The molecular formula is C12H10Na2O6S2. The van der Waals surface area contributed by atoms with Crippen LogP contribution in [0.3, 0.4) is 0 Å². The van der Waals surface area contributed by atoms with E-state index in [9.17, 15) is 21.4 Å². The monoisotopic (exact) mass is 360 g/mol. The van der Waals surface area contributed by atoms with Crippen LogP contribution in [0.5, 0.6) is 0 Å². The first-order chi connectivity index (χ1) is 9.21. The van der Waals surface area contributed by atoms with Crippen LogP contribution in [0, 0.1) is 0 Å². The number of hydrogen-bond donors (Lipinski definition) is 2. The van der Waals surface area contributed by atoms with Crippen molar-refractivity contribution < 1.29 is 25.9 Å². The van der Waals surface area contributed by atoms with Gasteiger partial charge < -0.3 is 0 Å². The van der Waals surface area contributed by atoms with E-state index < -0.39 is 30.0 Å². The summed E-state index contributed by atoms with van der Waals surface area (Å²) in [6, 6.07) is 11.6. The number of rotatable bonds is 3. The maximum Gasteiger partial charge on any atom is 0.296 e. The summed E-state index contributed by atoms with van der Waals surface area (Å²) in [7, 11) is -9.62. The Labute approximate surface area is 173 Å². The first kappa shape index (κ1) is 22.3. The first-order valence-corrected chi connectivity index (χ1v) is 8.22. The molecule has 0 amide bonds. The second-order valence-electron chi connectivity index (χ2n) is 3.95. The van der Waals surface area contributed by atoms with Gasteiger partial charge in [-0.05, 0) is 11.6 Å². The Hall–Kier alpha value is 0.260. The molecule has 0 aliphatic heterocycles. The largest absolute Gasteiger partial charge is 0.296 e. The third kappa shape index (κ3) is 5.13. The van der Waals surface area contributed by atoms with E-state index in [0.717, 1.165) is 6.07 Å². The SMILES string of the molecule is O=S(=O)(O)c1cccc(-c2ccccc2)c1S(=O)(=O)O.[Na].[Na]. The molecule has 2 rings (SSSR count). The average Bonchev–Trinajstić information content (AvgIpc) is 2.37. The summed E-state index contributed by atoms with van der Waals surface area (Å²) in [5.74, 6) is 0. The Balaban J connectivity index is 0.00000220. The number of hydrogen-bond acceptors (Lipinski definition) is 4. The molecule has 0 fully saturated rings.